The van der Waals surface area contributed by atoms with Crippen molar-refractivity contribution in [2.45, 2.75) is 10.7 Å². The van der Waals surface area contributed by atoms with Crippen LogP contribution in [0.4, 0.5) is 14.5 Å². The van der Waals surface area contributed by atoms with E-state index < -0.39 is 11.7 Å². The number of methoxy groups -OCH3 is 2. The third-order valence-corrected chi connectivity index (χ3v) is 4.12. The molecular weight excluding hydrogens is 360 g/mol. The van der Waals surface area contributed by atoms with Gasteiger partial charge in [0.1, 0.15) is 0 Å². The lowest BCUT2D eigenvalue weighted by molar-refractivity contribution is 0.102. The summed E-state index contributed by atoms with van der Waals surface area (Å²) in [6.45, 7) is 0. The highest BCUT2D eigenvalue weighted by molar-refractivity contribution is 7.99. The van der Waals surface area contributed by atoms with Crippen LogP contribution in [-0.2, 0) is 0 Å². The predicted molar refractivity (Wildman–Crippen MR) is 90.8 cm³/mol. The molecule has 0 aliphatic carbocycles. The molecule has 0 aromatic heterocycles. The molecule has 0 fully saturated rings. The molecule has 2 aromatic carbocycles. The van der Waals surface area contributed by atoms with Crippen molar-refractivity contribution < 1.29 is 23.0 Å². The fourth-order valence-corrected chi connectivity index (χ4v) is 2.90. The highest BCUT2D eigenvalue weighted by Gasteiger charge is 2.17. The van der Waals surface area contributed by atoms with Gasteiger partial charge >= 0.3 is 0 Å². The van der Waals surface area contributed by atoms with Crippen molar-refractivity contribution in [3.05, 3.63) is 47.0 Å². The van der Waals surface area contributed by atoms with Crippen molar-refractivity contribution in [2.75, 3.05) is 19.5 Å². The van der Waals surface area contributed by atoms with Gasteiger partial charge in [-0.1, -0.05) is 35.5 Å². The first-order valence-electron chi connectivity index (χ1n) is 6.73. The summed E-state index contributed by atoms with van der Waals surface area (Å²) >= 11 is 6.43. The quantitative estimate of drug-likeness (QED) is 0.730. The highest BCUT2D eigenvalue weighted by atomic mass is 35.5. The summed E-state index contributed by atoms with van der Waals surface area (Å²) in [4.78, 5) is 12.7. The van der Waals surface area contributed by atoms with Crippen molar-refractivity contribution in [2.24, 2.45) is 0 Å². The summed E-state index contributed by atoms with van der Waals surface area (Å²) in [6, 6.07) is 9.20. The molecule has 128 valence electrons. The molecule has 0 unspecified atom stereocenters. The van der Waals surface area contributed by atoms with E-state index in [4.69, 9.17) is 21.1 Å². The Morgan fingerprint density at radius 2 is 1.92 bits per heavy atom. The normalized spacial score (nSPS) is 10.6. The van der Waals surface area contributed by atoms with Gasteiger partial charge in [0.2, 0.25) is 0 Å². The summed E-state index contributed by atoms with van der Waals surface area (Å²) < 4.78 is 35.4. The fraction of sp³-hybridized carbons (Fsp3) is 0.188. The van der Waals surface area contributed by atoms with E-state index in [1.807, 2.05) is 0 Å². The highest BCUT2D eigenvalue weighted by Crippen LogP contribution is 2.37. The van der Waals surface area contributed by atoms with Crippen molar-refractivity contribution in [1.82, 2.24) is 0 Å². The standard InChI is InChI=1S/C16H14ClF2NO3S/c1-22-12-8-9(7-10(17)14(12)23-2)15(21)20-11-5-3-4-6-13(11)24-16(18)19/h3-8,16H,1-2H3,(H,20,21). The minimum absolute atomic E-state index is 0.206. The van der Waals surface area contributed by atoms with E-state index in [2.05, 4.69) is 5.32 Å². The van der Waals surface area contributed by atoms with Crippen LogP contribution in [0.5, 0.6) is 11.5 Å². The summed E-state index contributed by atoms with van der Waals surface area (Å²) in [5.41, 5.74) is 0.508. The van der Waals surface area contributed by atoms with E-state index in [-0.39, 0.29) is 15.5 Å². The Hall–Kier alpha value is -1.99. The van der Waals surface area contributed by atoms with Crippen LogP contribution in [0.1, 0.15) is 10.4 Å². The Labute approximate surface area is 147 Å². The van der Waals surface area contributed by atoms with Crippen LogP contribution in [0.3, 0.4) is 0 Å². The van der Waals surface area contributed by atoms with Crippen LogP contribution in [0.15, 0.2) is 41.3 Å². The summed E-state index contributed by atoms with van der Waals surface area (Å²) in [5, 5.41) is 2.81. The molecule has 0 atom stereocenters. The maximum absolute atomic E-state index is 12.6. The molecule has 0 aliphatic heterocycles. The van der Waals surface area contributed by atoms with E-state index in [0.29, 0.717) is 28.9 Å². The van der Waals surface area contributed by atoms with Crippen molar-refractivity contribution in [1.29, 1.82) is 0 Å². The Morgan fingerprint density at radius 3 is 2.54 bits per heavy atom. The van der Waals surface area contributed by atoms with Crippen LogP contribution in [-0.4, -0.2) is 25.9 Å². The number of rotatable bonds is 6. The van der Waals surface area contributed by atoms with Gasteiger partial charge in [-0.2, -0.15) is 8.78 Å². The number of carbonyl (C=O) groups excluding carboxylic acids is 1. The minimum Gasteiger partial charge on any atom is -0.493 e. The lowest BCUT2D eigenvalue weighted by atomic mass is 10.1. The number of alkyl halides is 2. The maximum Gasteiger partial charge on any atom is 0.288 e. The minimum atomic E-state index is -2.58. The molecule has 0 aliphatic rings. The average Bonchev–Trinajstić information content (AvgIpc) is 2.55. The molecule has 24 heavy (non-hydrogen) atoms. The average molecular weight is 374 g/mol. The van der Waals surface area contributed by atoms with Gasteiger partial charge in [-0.3, -0.25) is 4.79 Å². The van der Waals surface area contributed by atoms with E-state index in [0.717, 1.165) is 0 Å². The molecule has 4 nitrogen and oxygen atoms in total. The number of para-hydroxylation sites is 1. The number of hydrogen-bond donors (Lipinski definition) is 1. The zero-order valence-corrected chi connectivity index (χ0v) is 14.4. The first kappa shape index (κ1) is 18.4. The van der Waals surface area contributed by atoms with Crippen LogP contribution in [0.2, 0.25) is 5.02 Å². The van der Waals surface area contributed by atoms with Gasteiger partial charge in [-0.25, -0.2) is 0 Å². The third kappa shape index (κ3) is 4.30. The number of benzene rings is 2. The molecule has 0 saturated carbocycles. The molecule has 2 aromatic rings. The molecular formula is C16H14ClF2NO3S. The molecule has 2 rings (SSSR count). The third-order valence-electron chi connectivity index (χ3n) is 3.05. The summed E-state index contributed by atoms with van der Waals surface area (Å²) in [6.07, 6.45) is 0. The Kier molecular flexibility index (Phi) is 6.28. The van der Waals surface area contributed by atoms with Gasteiger partial charge in [0.25, 0.3) is 11.7 Å². The van der Waals surface area contributed by atoms with E-state index in [9.17, 15) is 13.6 Å². The molecule has 0 bridgehead atoms. The molecule has 0 spiro atoms. The predicted octanol–water partition coefficient (Wildman–Crippen LogP) is 4.92. The summed E-state index contributed by atoms with van der Waals surface area (Å²) in [7, 11) is 2.85. The lowest BCUT2D eigenvalue weighted by Crippen LogP contribution is -2.13. The van der Waals surface area contributed by atoms with Crippen LogP contribution >= 0.6 is 23.4 Å². The first-order valence-corrected chi connectivity index (χ1v) is 7.98. The number of halogens is 3. The molecule has 8 heteroatoms. The number of anilines is 1. The van der Waals surface area contributed by atoms with Gasteiger partial charge < -0.3 is 14.8 Å². The van der Waals surface area contributed by atoms with Crippen LogP contribution < -0.4 is 14.8 Å². The second-order valence-electron chi connectivity index (χ2n) is 4.52. The van der Waals surface area contributed by atoms with Crippen molar-refractivity contribution in [3.63, 3.8) is 0 Å². The fourth-order valence-electron chi connectivity index (χ4n) is 2.01. The van der Waals surface area contributed by atoms with Gasteiger partial charge in [0, 0.05) is 10.5 Å². The molecule has 0 saturated heterocycles. The number of nitrogens with one attached hydrogen (secondary N) is 1. The van der Waals surface area contributed by atoms with Gasteiger partial charge in [-0.15, -0.1) is 0 Å². The van der Waals surface area contributed by atoms with Gasteiger partial charge in [0.15, 0.2) is 11.5 Å². The second kappa shape index (κ2) is 8.21. The smallest absolute Gasteiger partial charge is 0.288 e. The first-order chi connectivity index (χ1) is 11.5. The topological polar surface area (TPSA) is 47.6 Å². The number of hydrogen-bond acceptors (Lipinski definition) is 4. The number of thioether (sulfide) groups is 1. The Balaban J connectivity index is 2.29. The van der Waals surface area contributed by atoms with E-state index in [1.54, 1.807) is 18.2 Å². The van der Waals surface area contributed by atoms with Gasteiger partial charge in [-0.05, 0) is 24.3 Å². The number of carbonyl (C=O) groups is 1. The SMILES string of the molecule is COc1cc(C(=O)Nc2ccccc2SC(F)F)cc(Cl)c1OC. The number of ether oxygens (including phenoxy) is 2. The van der Waals surface area contributed by atoms with E-state index >= 15 is 0 Å². The van der Waals surface area contributed by atoms with Crippen LogP contribution in [0.25, 0.3) is 0 Å². The van der Waals surface area contributed by atoms with Gasteiger partial charge in [0.05, 0.1) is 24.9 Å². The van der Waals surface area contributed by atoms with E-state index in [1.165, 1.54) is 32.4 Å². The lowest BCUT2D eigenvalue weighted by Gasteiger charge is -2.13. The molecule has 0 radical (unpaired) electrons. The maximum atomic E-state index is 12.6. The van der Waals surface area contributed by atoms with Crippen molar-refractivity contribution in [3.8, 4) is 11.5 Å². The number of amides is 1. The molecule has 1 amide bonds. The zero-order chi connectivity index (χ0) is 17.7. The Morgan fingerprint density at radius 1 is 1.21 bits per heavy atom. The van der Waals surface area contributed by atoms with Crippen LogP contribution in [0, 0.1) is 0 Å². The molecule has 0 heterocycles. The Bertz CT molecular complexity index is 743. The second-order valence-corrected chi connectivity index (χ2v) is 5.96. The largest absolute Gasteiger partial charge is 0.493 e. The monoisotopic (exact) mass is 373 g/mol. The van der Waals surface area contributed by atoms with Crippen molar-refractivity contribution >= 4 is 35.0 Å². The zero-order valence-electron chi connectivity index (χ0n) is 12.8. The summed E-state index contributed by atoms with van der Waals surface area (Å²) in [5.74, 6) is -2.48. The molecule has 1 N–H and O–H groups in total.